The fourth-order valence-electron chi connectivity index (χ4n) is 2.10. The lowest BCUT2D eigenvalue weighted by Gasteiger charge is -2.18. The molecular weight excluding hydrogens is 276 g/mol. The summed E-state index contributed by atoms with van der Waals surface area (Å²) in [5.74, 6) is 0.172. The highest BCUT2D eigenvalue weighted by molar-refractivity contribution is 7.71. The van der Waals surface area contributed by atoms with Crippen molar-refractivity contribution < 1.29 is 14.3 Å². The molecule has 1 aromatic heterocycles. The largest absolute Gasteiger partial charge is 0.429 e. The molecule has 20 heavy (non-hydrogen) atoms. The summed E-state index contributed by atoms with van der Waals surface area (Å²) in [4.78, 5) is 15.3. The van der Waals surface area contributed by atoms with E-state index in [0.29, 0.717) is 17.1 Å². The third-order valence-electron chi connectivity index (χ3n) is 2.99. The summed E-state index contributed by atoms with van der Waals surface area (Å²) in [5, 5.41) is 12.1. The molecule has 1 atom stereocenters. The van der Waals surface area contributed by atoms with Crippen molar-refractivity contribution in [2.45, 2.75) is 26.3 Å². The van der Waals surface area contributed by atoms with Gasteiger partial charge in [0.1, 0.15) is 0 Å². The minimum Gasteiger partial charge on any atom is -0.429 e. The van der Waals surface area contributed by atoms with Crippen molar-refractivity contribution in [2.75, 3.05) is 6.61 Å². The van der Waals surface area contributed by atoms with E-state index in [2.05, 4.69) is 10.3 Å². The van der Waals surface area contributed by atoms with E-state index in [1.165, 1.54) is 0 Å². The van der Waals surface area contributed by atoms with Crippen LogP contribution >= 0.6 is 12.2 Å². The fraction of sp³-hybridized carbons (Fsp3) is 0.429. The van der Waals surface area contributed by atoms with Gasteiger partial charge in [0.15, 0.2) is 5.58 Å². The SMILES string of the molecule is CC(C)C[C@H](CO)NC(=O)c1ccc2[nH]c(=S)oc2c1. The zero-order valence-corrected chi connectivity index (χ0v) is 12.3. The number of carbonyl (C=O) groups excluding carboxylic acids is 1. The second-order valence-electron chi connectivity index (χ2n) is 5.21. The first-order valence-electron chi connectivity index (χ1n) is 6.54. The third-order valence-corrected chi connectivity index (χ3v) is 3.18. The number of nitrogens with one attached hydrogen (secondary N) is 2. The van der Waals surface area contributed by atoms with Gasteiger partial charge in [0, 0.05) is 5.56 Å². The minimum absolute atomic E-state index is 0.0724. The van der Waals surface area contributed by atoms with Gasteiger partial charge in [0.25, 0.3) is 10.7 Å². The Hall–Kier alpha value is -1.66. The van der Waals surface area contributed by atoms with Crippen LogP contribution in [0.4, 0.5) is 0 Å². The Morgan fingerprint density at radius 1 is 1.50 bits per heavy atom. The van der Waals surface area contributed by atoms with Crippen LogP contribution in [0.5, 0.6) is 0 Å². The highest BCUT2D eigenvalue weighted by Crippen LogP contribution is 2.16. The summed E-state index contributed by atoms with van der Waals surface area (Å²) in [6.45, 7) is 4.02. The molecule has 0 aliphatic carbocycles. The molecule has 0 spiro atoms. The van der Waals surface area contributed by atoms with Crippen LogP contribution < -0.4 is 5.32 Å². The Morgan fingerprint density at radius 3 is 2.90 bits per heavy atom. The molecule has 0 aliphatic heterocycles. The monoisotopic (exact) mass is 294 g/mol. The molecule has 0 bridgehead atoms. The number of hydrogen-bond donors (Lipinski definition) is 3. The van der Waals surface area contributed by atoms with Crippen LogP contribution in [-0.4, -0.2) is 28.6 Å². The maximum Gasteiger partial charge on any atom is 0.266 e. The molecule has 108 valence electrons. The molecule has 2 rings (SSSR count). The number of aromatic nitrogens is 1. The zero-order valence-electron chi connectivity index (χ0n) is 11.5. The predicted octanol–water partition coefficient (Wildman–Crippen LogP) is 2.63. The summed E-state index contributed by atoms with van der Waals surface area (Å²) in [6, 6.07) is 4.85. The molecule has 0 saturated heterocycles. The zero-order chi connectivity index (χ0) is 14.7. The Bertz CT molecular complexity index is 660. The predicted molar refractivity (Wildman–Crippen MR) is 79.2 cm³/mol. The molecule has 1 aromatic carbocycles. The van der Waals surface area contributed by atoms with Crippen molar-refractivity contribution in [2.24, 2.45) is 5.92 Å². The Morgan fingerprint density at radius 2 is 2.25 bits per heavy atom. The van der Waals surface area contributed by atoms with Crippen LogP contribution in [0.25, 0.3) is 11.1 Å². The van der Waals surface area contributed by atoms with Gasteiger partial charge >= 0.3 is 0 Å². The van der Waals surface area contributed by atoms with Crippen molar-refractivity contribution >= 4 is 29.2 Å². The fourth-order valence-corrected chi connectivity index (χ4v) is 2.30. The molecule has 6 heteroatoms. The van der Waals surface area contributed by atoms with Crippen LogP contribution in [0, 0.1) is 10.8 Å². The van der Waals surface area contributed by atoms with Gasteiger partial charge < -0.3 is 19.8 Å². The molecule has 0 fully saturated rings. The maximum absolute atomic E-state index is 12.1. The molecule has 2 aromatic rings. The number of fused-ring (bicyclic) bond motifs is 1. The number of H-pyrrole nitrogens is 1. The number of hydrogen-bond acceptors (Lipinski definition) is 4. The van der Waals surface area contributed by atoms with E-state index in [0.717, 1.165) is 11.9 Å². The molecule has 0 radical (unpaired) electrons. The number of aromatic amines is 1. The van der Waals surface area contributed by atoms with Crippen LogP contribution in [0.2, 0.25) is 0 Å². The van der Waals surface area contributed by atoms with E-state index in [9.17, 15) is 9.90 Å². The number of benzene rings is 1. The van der Waals surface area contributed by atoms with E-state index in [4.69, 9.17) is 16.6 Å². The molecule has 5 nitrogen and oxygen atoms in total. The topological polar surface area (TPSA) is 78.3 Å². The second-order valence-corrected chi connectivity index (χ2v) is 5.58. The normalized spacial score (nSPS) is 12.8. The third kappa shape index (κ3) is 3.46. The minimum atomic E-state index is -0.240. The molecule has 3 N–H and O–H groups in total. The molecule has 1 heterocycles. The number of rotatable bonds is 5. The molecule has 0 unspecified atom stereocenters. The summed E-state index contributed by atoms with van der Waals surface area (Å²) in [5.41, 5.74) is 1.79. The lowest BCUT2D eigenvalue weighted by molar-refractivity contribution is 0.0908. The first-order valence-corrected chi connectivity index (χ1v) is 6.95. The van der Waals surface area contributed by atoms with Crippen molar-refractivity contribution in [3.8, 4) is 0 Å². The lowest BCUT2D eigenvalue weighted by Crippen LogP contribution is -2.38. The quantitative estimate of drug-likeness (QED) is 0.741. The van der Waals surface area contributed by atoms with E-state index < -0.39 is 0 Å². The van der Waals surface area contributed by atoms with Gasteiger partial charge in [-0.15, -0.1) is 0 Å². The number of amides is 1. The molecule has 1 amide bonds. The van der Waals surface area contributed by atoms with Crippen LogP contribution in [-0.2, 0) is 0 Å². The Balaban J connectivity index is 2.15. The van der Waals surface area contributed by atoms with Crippen LogP contribution in [0.15, 0.2) is 22.6 Å². The van der Waals surface area contributed by atoms with Crippen molar-refractivity contribution in [3.63, 3.8) is 0 Å². The standard InChI is InChI=1S/C14H18N2O3S/c1-8(2)5-10(7-17)15-13(18)9-3-4-11-12(6-9)19-14(20)16-11/h3-4,6,8,10,17H,5,7H2,1-2H3,(H,15,18)(H,16,20)/t10-/m1/s1. The van der Waals surface area contributed by atoms with Crippen LogP contribution in [0.1, 0.15) is 30.6 Å². The average Bonchev–Trinajstić information content (AvgIpc) is 2.76. The summed E-state index contributed by atoms with van der Waals surface area (Å²) in [6.07, 6.45) is 0.731. The average molecular weight is 294 g/mol. The van der Waals surface area contributed by atoms with Gasteiger partial charge in [-0.2, -0.15) is 0 Å². The van der Waals surface area contributed by atoms with Gasteiger partial charge in [-0.05, 0) is 42.8 Å². The first-order chi connectivity index (χ1) is 9.49. The first kappa shape index (κ1) is 14.7. The number of aliphatic hydroxyl groups is 1. The van der Waals surface area contributed by atoms with Crippen molar-refractivity contribution in [3.05, 3.63) is 28.6 Å². The lowest BCUT2D eigenvalue weighted by atomic mass is 10.0. The number of aliphatic hydroxyl groups excluding tert-OH is 1. The van der Waals surface area contributed by atoms with E-state index in [-0.39, 0.29) is 23.4 Å². The number of oxazole rings is 1. The second kappa shape index (κ2) is 6.19. The summed E-state index contributed by atoms with van der Waals surface area (Å²) in [7, 11) is 0. The van der Waals surface area contributed by atoms with Gasteiger partial charge in [0.2, 0.25) is 0 Å². The maximum atomic E-state index is 12.1. The van der Waals surface area contributed by atoms with E-state index in [1.54, 1.807) is 18.2 Å². The van der Waals surface area contributed by atoms with Crippen LogP contribution in [0.3, 0.4) is 0 Å². The molecule has 0 saturated carbocycles. The molecular formula is C14H18N2O3S. The van der Waals surface area contributed by atoms with Gasteiger partial charge in [-0.3, -0.25) is 4.79 Å². The van der Waals surface area contributed by atoms with E-state index >= 15 is 0 Å². The van der Waals surface area contributed by atoms with E-state index in [1.807, 2.05) is 13.8 Å². The highest BCUT2D eigenvalue weighted by atomic mass is 32.1. The van der Waals surface area contributed by atoms with Crippen molar-refractivity contribution in [1.82, 2.24) is 10.3 Å². The number of carbonyl (C=O) groups is 1. The Kier molecular flexibility index (Phi) is 4.57. The Labute approximate surface area is 122 Å². The smallest absolute Gasteiger partial charge is 0.266 e. The van der Waals surface area contributed by atoms with Crippen molar-refractivity contribution in [1.29, 1.82) is 0 Å². The summed E-state index contributed by atoms with van der Waals surface area (Å²) < 4.78 is 5.28. The van der Waals surface area contributed by atoms with Gasteiger partial charge in [-0.25, -0.2) is 0 Å². The highest BCUT2D eigenvalue weighted by Gasteiger charge is 2.15. The molecule has 0 aliphatic rings. The van der Waals surface area contributed by atoms with Gasteiger partial charge in [0.05, 0.1) is 18.2 Å². The van der Waals surface area contributed by atoms with Gasteiger partial charge in [-0.1, -0.05) is 13.8 Å². The summed E-state index contributed by atoms with van der Waals surface area (Å²) >= 11 is 4.90.